The Morgan fingerprint density at radius 3 is 2.30 bits per heavy atom. The molecule has 0 bridgehead atoms. The van der Waals surface area contributed by atoms with Gasteiger partial charge in [-0.25, -0.2) is 0 Å². The molecular weight excluding hydrogens is 397 g/mol. The summed E-state index contributed by atoms with van der Waals surface area (Å²) in [5, 5.41) is 13.8. The van der Waals surface area contributed by atoms with Crippen LogP contribution in [0.4, 0.5) is 13.2 Å². The highest BCUT2D eigenvalue weighted by Gasteiger charge is 2.62. The average molecular weight is 420 g/mol. The summed E-state index contributed by atoms with van der Waals surface area (Å²) in [5.41, 5.74) is -1.38. The van der Waals surface area contributed by atoms with E-state index < -0.39 is 24.2 Å². The van der Waals surface area contributed by atoms with Crippen molar-refractivity contribution < 1.29 is 27.8 Å². The predicted molar refractivity (Wildman–Crippen MR) is 106 cm³/mol. The maximum atomic E-state index is 13.3. The number of alkyl halides is 3. The van der Waals surface area contributed by atoms with E-state index in [0.29, 0.717) is 11.7 Å². The van der Waals surface area contributed by atoms with E-state index in [1.165, 1.54) is 24.6 Å². The molecule has 8 heteroatoms. The minimum absolute atomic E-state index is 0.0128. The third kappa shape index (κ3) is 4.33. The van der Waals surface area contributed by atoms with Gasteiger partial charge in [-0.15, -0.1) is 0 Å². The fourth-order valence-corrected chi connectivity index (χ4v) is 3.14. The lowest BCUT2D eigenvalue weighted by molar-refractivity contribution is -0.297. The second-order valence-electron chi connectivity index (χ2n) is 7.65. The molecule has 0 saturated carbocycles. The fourth-order valence-electron chi connectivity index (χ4n) is 3.14. The number of hydrogen-bond donors (Lipinski definition) is 1. The standard InChI is InChI=1S/C22H23F3N2O3/c1-14(2)17-8-10-19(11-9-17)30-13-16-4-6-18(7-5-16)20(28)27-21(29,22(23,24)25)12-15(3)26-27/h4-11,14,29H,12-13H2,1-3H3/t21-/m0/s1. The lowest BCUT2D eigenvalue weighted by Gasteiger charge is -2.32. The van der Waals surface area contributed by atoms with E-state index in [9.17, 15) is 23.1 Å². The normalized spacial score (nSPS) is 19.2. The van der Waals surface area contributed by atoms with Crippen molar-refractivity contribution in [2.24, 2.45) is 5.10 Å². The minimum atomic E-state index is -5.02. The van der Waals surface area contributed by atoms with Gasteiger partial charge >= 0.3 is 6.18 Å². The van der Waals surface area contributed by atoms with Crippen LogP contribution in [0.5, 0.6) is 5.75 Å². The number of aliphatic hydroxyl groups is 1. The zero-order chi connectivity index (χ0) is 22.1. The molecule has 5 nitrogen and oxygen atoms in total. The molecule has 3 rings (SSSR count). The average Bonchev–Trinajstić information content (AvgIpc) is 3.02. The van der Waals surface area contributed by atoms with E-state index in [-0.39, 0.29) is 22.9 Å². The van der Waals surface area contributed by atoms with Gasteiger partial charge in [0.2, 0.25) is 0 Å². The van der Waals surface area contributed by atoms with Crippen LogP contribution < -0.4 is 4.74 Å². The van der Waals surface area contributed by atoms with Crippen molar-refractivity contribution in [1.82, 2.24) is 5.01 Å². The van der Waals surface area contributed by atoms with Gasteiger partial charge in [-0.05, 0) is 48.2 Å². The van der Waals surface area contributed by atoms with E-state index in [1.54, 1.807) is 12.1 Å². The molecule has 0 aliphatic carbocycles. The lowest BCUT2D eigenvalue weighted by atomic mass is 10.0. The number of rotatable bonds is 5. The van der Waals surface area contributed by atoms with Crippen molar-refractivity contribution in [2.45, 2.75) is 51.6 Å². The molecule has 2 aromatic rings. The summed E-state index contributed by atoms with van der Waals surface area (Å²) in [6.07, 6.45) is -5.80. The first-order valence-corrected chi connectivity index (χ1v) is 9.51. The Hall–Kier alpha value is -2.87. The smallest absolute Gasteiger partial charge is 0.438 e. The summed E-state index contributed by atoms with van der Waals surface area (Å²) in [6.45, 7) is 5.77. The van der Waals surface area contributed by atoms with E-state index in [4.69, 9.17) is 4.74 Å². The van der Waals surface area contributed by atoms with Gasteiger partial charge in [-0.3, -0.25) is 4.79 Å². The maximum Gasteiger partial charge on any atom is 0.438 e. The third-order valence-electron chi connectivity index (χ3n) is 4.92. The van der Waals surface area contributed by atoms with Gasteiger partial charge in [0.05, 0.1) is 0 Å². The topological polar surface area (TPSA) is 62.1 Å². The predicted octanol–water partition coefficient (Wildman–Crippen LogP) is 4.86. The van der Waals surface area contributed by atoms with E-state index in [1.807, 2.05) is 24.3 Å². The summed E-state index contributed by atoms with van der Waals surface area (Å²) in [7, 11) is 0. The van der Waals surface area contributed by atoms with Gasteiger partial charge in [0.25, 0.3) is 11.6 Å². The van der Waals surface area contributed by atoms with Gasteiger partial charge in [0, 0.05) is 17.7 Å². The summed E-state index contributed by atoms with van der Waals surface area (Å²) >= 11 is 0. The first-order valence-electron chi connectivity index (χ1n) is 9.51. The molecule has 0 aromatic heterocycles. The summed E-state index contributed by atoms with van der Waals surface area (Å²) in [6, 6.07) is 13.7. The van der Waals surface area contributed by atoms with Crippen LogP contribution in [0.1, 0.15) is 54.6 Å². The Bertz CT molecular complexity index is 938. The number of hydrogen-bond acceptors (Lipinski definition) is 4. The molecule has 30 heavy (non-hydrogen) atoms. The van der Waals surface area contributed by atoms with Gasteiger partial charge in [0.1, 0.15) is 12.4 Å². The van der Waals surface area contributed by atoms with Crippen LogP contribution in [-0.2, 0) is 6.61 Å². The molecule has 1 amide bonds. The van der Waals surface area contributed by atoms with Crippen LogP contribution in [0.3, 0.4) is 0 Å². The Balaban J connectivity index is 1.68. The number of benzene rings is 2. The minimum Gasteiger partial charge on any atom is -0.489 e. The zero-order valence-electron chi connectivity index (χ0n) is 16.9. The fraction of sp³-hybridized carbons (Fsp3) is 0.364. The number of halogens is 3. The van der Waals surface area contributed by atoms with Crippen molar-refractivity contribution >= 4 is 11.6 Å². The molecule has 1 aliphatic rings. The summed E-state index contributed by atoms with van der Waals surface area (Å²) < 4.78 is 45.6. The van der Waals surface area contributed by atoms with Crippen molar-refractivity contribution in [3.63, 3.8) is 0 Å². The van der Waals surface area contributed by atoms with Crippen LogP contribution in [0, 0.1) is 0 Å². The first kappa shape index (κ1) is 21.8. The quantitative estimate of drug-likeness (QED) is 0.751. The molecule has 0 radical (unpaired) electrons. The monoisotopic (exact) mass is 420 g/mol. The third-order valence-corrected chi connectivity index (χ3v) is 4.92. The number of ether oxygens (including phenoxy) is 1. The molecule has 0 unspecified atom stereocenters. The lowest BCUT2D eigenvalue weighted by Crippen LogP contribution is -2.56. The van der Waals surface area contributed by atoms with Crippen molar-refractivity contribution in [1.29, 1.82) is 0 Å². The van der Waals surface area contributed by atoms with Crippen molar-refractivity contribution in [3.05, 3.63) is 65.2 Å². The van der Waals surface area contributed by atoms with Gasteiger partial charge in [0.15, 0.2) is 0 Å². The Morgan fingerprint density at radius 1 is 1.17 bits per heavy atom. The number of amides is 1. The molecule has 0 fully saturated rings. The summed E-state index contributed by atoms with van der Waals surface area (Å²) in [5.74, 6) is 0.0861. The van der Waals surface area contributed by atoms with Crippen LogP contribution in [0.25, 0.3) is 0 Å². The Morgan fingerprint density at radius 2 is 1.77 bits per heavy atom. The van der Waals surface area contributed by atoms with E-state index in [0.717, 1.165) is 5.56 Å². The second-order valence-corrected chi connectivity index (χ2v) is 7.65. The molecule has 0 spiro atoms. The molecule has 1 heterocycles. The van der Waals surface area contributed by atoms with Gasteiger partial charge < -0.3 is 9.84 Å². The number of hydrazone groups is 1. The number of carbonyl (C=O) groups excluding carboxylic acids is 1. The van der Waals surface area contributed by atoms with Crippen LogP contribution in [0.15, 0.2) is 53.6 Å². The number of nitrogens with zero attached hydrogens (tertiary/aromatic N) is 2. The van der Waals surface area contributed by atoms with E-state index in [2.05, 4.69) is 18.9 Å². The molecule has 1 aliphatic heterocycles. The highest BCUT2D eigenvalue weighted by Crippen LogP contribution is 2.40. The molecule has 1 N–H and O–H groups in total. The van der Waals surface area contributed by atoms with E-state index >= 15 is 0 Å². The largest absolute Gasteiger partial charge is 0.489 e. The molecule has 160 valence electrons. The van der Waals surface area contributed by atoms with Crippen molar-refractivity contribution in [2.75, 3.05) is 0 Å². The highest BCUT2D eigenvalue weighted by molar-refractivity contribution is 5.97. The van der Waals surface area contributed by atoms with Gasteiger partial charge in [-0.1, -0.05) is 38.1 Å². The highest BCUT2D eigenvalue weighted by atomic mass is 19.4. The molecule has 0 saturated heterocycles. The summed E-state index contributed by atoms with van der Waals surface area (Å²) in [4.78, 5) is 12.6. The van der Waals surface area contributed by atoms with Crippen LogP contribution >= 0.6 is 0 Å². The maximum absolute atomic E-state index is 13.3. The molecule has 2 aromatic carbocycles. The molecular formula is C22H23F3N2O3. The number of carbonyl (C=O) groups is 1. The SMILES string of the molecule is CC1=NN(C(=O)c2ccc(COc3ccc(C(C)C)cc3)cc2)[C@@](O)(C(F)(F)F)C1. The Labute approximate surface area is 172 Å². The molecule has 1 atom stereocenters. The Kier molecular flexibility index (Phi) is 5.90. The van der Waals surface area contributed by atoms with Gasteiger partial charge in [-0.2, -0.15) is 23.3 Å². The van der Waals surface area contributed by atoms with Crippen LogP contribution in [0.2, 0.25) is 0 Å². The van der Waals surface area contributed by atoms with Crippen LogP contribution in [-0.4, -0.2) is 33.6 Å². The second kappa shape index (κ2) is 8.10. The first-order chi connectivity index (χ1) is 14.0. The van der Waals surface area contributed by atoms with Crippen molar-refractivity contribution in [3.8, 4) is 5.75 Å². The zero-order valence-corrected chi connectivity index (χ0v) is 16.9.